The second-order valence-corrected chi connectivity index (χ2v) is 3.50. The number of para-hydroxylation sites is 1. The summed E-state index contributed by atoms with van der Waals surface area (Å²) < 4.78 is 40.1. The van der Waals surface area contributed by atoms with E-state index in [0.29, 0.717) is 0 Å². The maximum Gasteiger partial charge on any atom is 0.573 e. The second kappa shape index (κ2) is 6.07. The Morgan fingerprint density at radius 1 is 1.26 bits per heavy atom. The average molecular weight is 277 g/mol. The van der Waals surface area contributed by atoms with Gasteiger partial charge in [0.05, 0.1) is 0 Å². The van der Waals surface area contributed by atoms with Crippen molar-refractivity contribution < 1.29 is 32.6 Å². The number of hydrogen-bond donors (Lipinski definition) is 2. The van der Waals surface area contributed by atoms with E-state index in [2.05, 4.69) is 10.1 Å². The molecule has 0 fully saturated rings. The van der Waals surface area contributed by atoms with Gasteiger partial charge in [-0.3, -0.25) is 9.59 Å². The summed E-state index contributed by atoms with van der Waals surface area (Å²) in [6.07, 6.45) is -5.58. The first-order chi connectivity index (χ1) is 8.78. The van der Waals surface area contributed by atoms with Crippen LogP contribution in [0.25, 0.3) is 0 Å². The van der Waals surface area contributed by atoms with Crippen molar-refractivity contribution in [3.05, 3.63) is 29.8 Å². The van der Waals surface area contributed by atoms with Crippen LogP contribution in [0.2, 0.25) is 0 Å². The fourth-order valence-electron chi connectivity index (χ4n) is 1.27. The van der Waals surface area contributed by atoms with Crippen LogP contribution in [-0.4, -0.2) is 23.3 Å². The van der Waals surface area contributed by atoms with E-state index in [1.165, 1.54) is 18.2 Å². The molecular weight excluding hydrogens is 267 g/mol. The molecule has 2 N–H and O–H groups in total. The molecule has 0 radical (unpaired) electrons. The number of rotatable bonds is 5. The molecule has 0 aliphatic rings. The van der Waals surface area contributed by atoms with Crippen LogP contribution >= 0.6 is 0 Å². The van der Waals surface area contributed by atoms with Gasteiger partial charge in [-0.25, -0.2) is 0 Å². The highest BCUT2D eigenvalue weighted by Gasteiger charge is 2.31. The number of carbonyl (C=O) groups excluding carboxylic acids is 1. The number of alkyl halides is 3. The van der Waals surface area contributed by atoms with Crippen molar-refractivity contribution in [3.8, 4) is 5.75 Å². The first-order valence-corrected chi connectivity index (χ1v) is 5.10. The fourth-order valence-corrected chi connectivity index (χ4v) is 1.27. The average Bonchev–Trinajstić information content (AvgIpc) is 2.25. The van der Waals surface area contributed by atoms with Crippen molar-refractivity contribution in [2.24, 2.45) is 0 Å². The van der Waals surface area contributed by atoms with E-state index in [1.807, 2.05) is 0 Å². The Hall–Kier alpha value is -2.25. The Labute approximate surface area is 106 Å². The van der Waals surface area contributed by atoms with Crippen molar-refractivity contribution in [1.82, 2.24) is 5.32 Å². The van der Waals surface area contributed by atoms with Crippen LogP contribution < -0.4 is 10.1 Å². The van der Waals surface area contributed by atoms with Crippen LogP contribution in [0.15, 0.2) is 24.3 Å². The molecule has 0 spiro atoms. The molecule has 1 rings (SSSR count). The minimum absolute atomic E-state index is 0.0959. The predicted molar refractivity (Wildman–Crippen MR) is 57.2 cm³/mol. The van der Waals surface area contributed by atoms with Gasteiger partial charge in [-0.15, -0.1) is 13.2 Å². The van der Waals surface area contributed by atoms with Gasteiger partial charge >= 0.3 is 12.3 Å². The standard InChI is InChI=1S/C11H10F3NO4/c12-11(13,14)19-8-4-2-1-3-7(8)6-15-9(16)5-10(17)18/h1-4H,5-6H2,(H,15,16)(H,17,18). The van der Waals surface area contributed by atoms with Gasteiger partial charge in [-0.1, -0.05) is 18.2 Å². The number of carbonyl (C=O) groups is 2. The lowest BCUT2D eigenvalue weighted by Gasteiger charge is -2.13. The molecule has 5 nitrogen and oxygen atoms in total. The Balaban J connectivity index is 2.68. The van der Waals surface area contributed by atoms with Gasteiger partial charge in [0, 0.05) is 12.1 Å². The molecule has 19 heavy (non-hydrogen) atoms. The van der Waals surface area contributed by atoms with Gasteiger partial charge in [-0.05, 0) is 6.07 Å². The molecule has 0 unspecified atom stereocenters. The molecule has 1 aromatic carbocycles. The zero-order valence-corrected chi connectivity index (χ0v) is 9.53. The SMILES string of the molecule is O=C(O)CC(=O)NCc1ccccc1OC(F)(F)F. The maximum atomic E-state index is 12.1. The van der Waals surface area contributed by atoms with E-state index in [0.717, 1.165) is 6.07 Å². The van der Waals surface area contributed by atoms with Crippen molar-refractivity contribution in [1.29, 1.82) is 0 Å². The number of hydrogen-bond acceptors (Lipinski definition) is 3. The Morgan fingerprint density at radius 3 is 2.47 bits per heavy atom. The van der Waals surface area contributed by atoms with Crippen LogP contribution in [0, 0.1) is 0 Å². The van der Waals surface area contributed by atoms with E-state index in [4.69, 9.17) is 5.11 Å². The number of ether oxygens (including phenoxy) is 1. The topological polar surface area (TPSA) is 75.6 Å². The van der Waals surface area contributed by atoms with Gasteiger partial charge in [-0.2, -0.15) is 0 Å². The normalized spacial score (nSPS) is 10.9. The lowest BCUT2D eigenvalue weighted by Crippen LogP contribution is -2.26. The number of nitrogens with one attached hydrogen (secondary N) is 1. The lowest BCUT2D eigenvalue weighted by atomic mass is 10.2. The van der Waals surface area contributed by atoms with E-state index >= 15 is 0 Å². The second-order valence-electron chi connectivity index (χ2n) is 3.50. The van der Waals surface area contributed by atoms with Crippen LogP contribution in [0.1, 0.15) is 12.0 Å². The summed E-state index contributed by atoms with van der Waals surface area (Å²) in [6, 6.07) is 5.26. The number of carboxylic acids is 1. The molecule has 1 aromatic rings. The quantitative estimate of drug-likeness (QED) is 0.803. The molecule has 0 bridgehead atoms. The first kappa shape index (κ1) is 14.8. The van der Waals surface area contributed by atoms with Crippen LogP contribution in [0.4, 0.5) is 13.2 Å². The fraction of sp³-hybridized carbons (Fsp3) is 0.273. The molecule has 0 heterocycles. The lowest BCUT2D eigenvalue weighted by molar-refractivity contribution is -0.274. The zero-order valence-electron chi connectivity index (χ0n) is 9.53. The van der Waals surface area contributed by atoms with Crippen molar-refractivity contribution in [2.75, 3.05) is 0 Å². The highest BCUT2D eigenvalue weighted by molar-refractivity contribution is 5.93. The number of aliphatic carboxylic acids is 1. The molecule has 0 saturated carbocycles. The number of halogens is 3. The summed E-state index contributed by atoms with van der Waals surface area (Å²) in [5.41, 5.74) is 0.0959. The molecule has 0 atom stereocenters. The maximum absolute atomic E-state index is 12.1. The highest BCUT2D eigenvalue weighted by Crippen LogP contribution is 2.25. The van der Waals surface area contributed by atoms with Gasteiger partial charge in [0.1, 0.15) is 12.2 Å². The molecule has 1 amide bonds. The molecular formula is C11H10F3NO4. The third kappa shape index (κ3) is 5.75. The van der Waals surface area contributed by atoms with Gasteiger partial charge in [0.25, 0.3) is 0 Å². The predicted octanol–water partition coefficient (Wildman–Crippen LogP) is 1.68. The third-order valence-corrected chi connectivity index (χ3v) is 1.99. The van der Waals surface area contributed by atoms with Gasteiger partial charge in [0.15, 0.2) is 0 Å². The third-order valence-electron chi connectivity index (χ3n) is 1.99. The molecule has 0 aliphatic heterocycles. The smallest absolute Gasteiger partial charge is 0.481 e. The van der Waals surface area contributed by atoms with Crippen molar-refractivity contribution in [3.63, 3.8) is 0 Å². The molecule has 0 saturated heterocycles. The van der Waals surface area contributed by atoms with Gasteiger partial charge in [0.2, 0.25) is 5.91 Å². The molecule has 0 aliphatic carbocycles. The summed E-state index contributed by atoms with van der Waals surface area (Å²) in [5.74, 6) is -2.56. The Kier molecular flexibility index (Phi) is 4.74. The van der Waals surface area contributed by atoms with Crippen LogP contribution in [0.5, 0.6) is 5.75 Å². The molecule has 104 valence electrons. The number of carboxylic acid groups (broad SMARTS) is 1. The molecule has 0 aromatic heterocycles. The summed E-state index contributed by atoms with van der Waals surface area (Å²) in [4.78, 5) is 21.3. The van der Waals surface area contributed by atoms with Crippen LogP contribution in [0.3, 0.4) is 0 Å². The minimum Gasteiger partial charge on any atom is -0.481 e. The van der Waals surface area contributed by atoms with E-state index in [9.17, 15) is 22.8 Å². The summed E-state index contributed by atoms with van der Waals surface area (Å²) in [6.45, 7) is -0.252. The minimum atomic E-state index is -4.83. The van der Waals surface area contributed by atoms with Gasteiger partial charge < -0.3 is 15.2 Å². The highest BCUT2D eigenvalue weighted by atomic mass is 19.4. The first-order valence-electron chi connectivity index (χ1n) is 5.10. The van der Waals surface area contributed by atoms with Crippen molar-refractivity contribution >= 4 is 11.9 Å². The molecule has 8 heteroatoms. The zero-order chi connectivity index (χ0) is 14.5. The van der Waals surface area contributed by atoms with Crippen molar-refractivity contribution in [2.45, 2.75) is 19.3 Å². The Morgan fingerprint density at radius 2 is 1.89 bits per heavy atom. The largest absolute Gasteiger partial charge is 0.573 e. The van der Waals surface area contributed by atoms with E-state index in [-0.39, 0.29) is 12.1 Å². The van der Waals surface area contributed by atoms with E-state index < -0.39 is 30.4 Å². The number of amides is 1. The number of benzene rings is 1. The van der Waals surface area contributed by atoms with E-state index in [1.54, 1.807) is 0 Å². The Bertz CT molecular complexity index is 473. The van der Waals surface area contributed by atoms with Crippen LogP contribution in [-0.2, 0) is 16.1 Å². The summed E-state index contributed by atoms with van der Waals surface area (Å²) in [5, 5.41) is 10.5. The summed E-state index contributed by atoms with van der Waals surface area (Å²) >= 11 is 0. The summed E-state index contributed by atoms with van der Waals surface area (Å²) in [7, 11) is 0. The monoisotopic (exact) mass is 277 g/mol.